The van der Waals surface area contributed by atoms with Crippen molar-refractivity contribution in [2.45, 2.75) is 6.29 Å². The van der Waals surface area contributed by atoms with Crippen molar-refractivity contribution in [1.29, 1.82) is 0 Å². The third-order valence-corrected chi connectivity index (χ3v) is 3.16. The van der Waals surface area contributed by atoms with Gasteiger partial charge in [0.1, 0.15) is 0 Å². The molecule has 2 atom stereocenters. The SMILES string of the molecule is PP(Br)CC1OCCO1. The minimum atomic E-state index is -0.132. The van der Waals surface area contributed by atoms with Gasteiger partial charge >= 0.3 is 0 Å². The molecule has 0 N–H and O–H groups in total. The molecule has 0 aliphatic carbocycles. The molecule has 1 saturated heterocycles. The minimum Gasteiger partial charge on any atom is -0.350 e. The molecule has 0 amide bonds. The molecule has 1 fully saturated rings. The zero-order chi connectivity index (χ0) is 6.69. The van der Waals surface area contributed by atoms with Gasteiger partial charge in [0, 0.05) is 6.16 Å². The maximum atomic E-state index is 5.21. The van der Waals surface area contributed by atoms with E-state index in [1.165, 1.54) is 0 Å². The standard InChI is InChI=1S/C4H9BrO2P2/c5-9(8)3-4-6-1-2-7-4/h4H,1-3,8H2. The van der Waals surface area contributed by atoms with Gasteiger partial charge in [-0.2, -0.15) is 0 Å². The summed E-state index contributed by atoms with van der Waals surface area (Å²) in [5, 5.41) is 0. The van der Waals surface area contributed by atoms with Crippen LogP contribution in [0.5, 0.6) is 0 Å². The molecule has 0 bridgehead atoms. The minimum absolute atomic E-state index is 0.0491. The molecule has 2 nitrogen and oxygen atoms in total. The Morgan fingerprint density at radius 2 is 2.11 bits per heavy atom. The summed E-state index contributed by atoms with van der Waals surface area (Å²) in [5.74, 6) is 0. The molecule has 9 heavy (non-hydrogen) atoms. The second-order valence-electron chi connectivity index (χ2n) is 1.75. The van der Waals surface area contributed by atoms with Gasteiger partial charge in [0.05, 0.1) is 13.2 Å². The van der Waals surface area contributed by atoms with Gasteiger partial charge in [-0.05, 0) is 6.31 Å². The molecule has 0 radical (unpaired) electrons. The van der Waals surface area contributed by atoms with Gasteiger partial charge in [-0.3, -0.25) is 0 Å². The van der Waals surface area contributed by atoms with Crippen molar-refractivity contribution in [3.05, 3.63) is 0 Å². The van der Waals surface area contributed by atoms with E-state index >= 15 is 0 Å². The van der Waals surface area contributed by atoms with E-state index in [0.717, 1.165) is 19.4 Å². The highest BCUT2D eigenvalue weighted by Crippen LogP contribution is 2.53. The summed E-state index contributed by atoms with van der Waals surface area (Å²) in [6.45, 7) is 1.51. The van der Waals surface area contributed by atoms with Crippen molar-refractivity contribution in [3.8, 4) is 0 Å². The predicted octanol–water partition coefficient (Wildman–Crippen LogP) is 1.94. The summed E-state index contributed by atoms with van der Waals surface area (Å²) in [6.07, 6.45) is 0.889. The highest BCUT2D eigenvalue weighted by Gasteiger charge is 2.17. The van der Waals surface area contributed by atoms with Gasteiger partial charge < -0.3 is 9.47 Å². The van der Waals surface area contributed by atoms with Gasteiger partial charge in [0.25, 0.3) is 0 Å². The fraction of sp³-hybridized carbons (Fsp3) is 1.00. The average Bonchev–Trinajstić information content (AvgIpc) is 2.15. The van der Waals surface area contributed by atoms with Crippen LogP contribution in [0.4, 0.5) is 0 Å². The Morgan fingerprint density at radius 3 is 2.56 bits per heavy atom. The normalized spacial score (nSPS) is 24.7. The fourth-order valence-electron chi connectivity index (χ4n) is 0.655. The summed E-state index contributed by atoms with van der Waals surface area (Å²) in [7, 11) is 2.71. The zero-order valence-corrected chi connectivity index (χ0v) is 8.55. The third-order valence-electron chi connectivity index (χ3n) is 1.01. The third kappa shape index (κ3) is 3.25. The van der Waals surface area contributed by atoms with Crippen LogP contribution in [0.25, 0.3) is 0 Å². The van der Waals surface area contributed by atoms with Crippen LogP contribution in [0, 0.1) is 0 Å². The monoisotopic (exact) mass is 230 g/mol. The van der Waals surface area contributed by atoms with Crippen LogP contribution in [0.1, 0.15) is 0 Å². The Hall–Kier alpha value is 1.26. The summed E-state index contributed by atoms with van der Waals surface area (Å²) in [4.78, 5) is 0. The molecule has 1 heterocycles. The van der Waals surface area contributed by atoms with Crippen molar-refractivity contribution >= 4 is 30.7 Å². The Bertz CT molecular complexity index is 84.6. The van der Waals surface area contributed by atoms with Crippen LogP contribution >= 0.6 is 30.7 Å². The van der Waals surface area contributed by atoms with Gasteiger partial charge in [0.15, 0.2) is 6.29 Å². The van der Waals surface area contributed by atoms with Crippen LogP contribution in [0.15, 0.2) is 0 Å². The topological polar surface area (TPSA) is 18.5 Å². The lowest BCUT2D eigenvalue weighted by Crippen LogP contribution is -2.09. The van der Waals surface area contributed by atoms with Crippen LogP contribution in [-0.4, -0.2) is 25.7 Å². The zero-order valence-electron chi connectivity index (χ0n) is 4.92. The lowest BCUT2D eigenvalue weighted by atomic mass is 10.8. The van der Waals surface area contributed by atoms with Crippen molar-refractivity contribution in [2.75, 3.05) is 19.4 Å². The molecule has 0 aromatic rings. The Balaban J connectivity index is 2.11. The van der Waals surface area contributed by atoms with Gasteiger partial charge in [0.2, 0.25) is 0 Å². The second kappa shape index (κ2) is 4.20. The van der Waals surface area contributed by atoms with E-state index in [0.29, 0.717) is 0 Å². The Labute approximate surface area is 66.3 Å². The summed E-state index contributed by atoms with van der Waals surface area (Å²) >= 11 is 3.45. The highest BCUT2D eigenvalue weighted by atomic mass is 79.9. The van der Waals surface area contributed by atoms with Crippen molar-refractivity contribution in [3.63, 3.8) is 0 Å². The van der Waals surface area contributed by atoms with Gasteiger partial charge in [-0.25, -0.2) is 0 Å². The molecule has 0 saturated carbocycles. The molecule has 2 unspecified atom stereocenters. The van der Waals surface area contributed by atoms with Crippen molar-refractivity contribution in [2.24, 2.45) is 0 Å². The average molecular weight is 231 g/mol. The molecule has 5 heteroatoms. The molecular formula is C4H9BrO2P2. The first kappa shape index (κ1) is 8.36. The van der Waals surface area contributed by atoms with Crippen molar-refractivity contribution < 1.29 is 9.47 Å². The van der Waals surface area contributed by atoms with E-state index in [9.17, 15) is 0 Å². The predicted molar refractivity (Wildman–Crippen MR) is 46.1 cm³/mol. The quantitative estimate of drug-likeness (QED) is 0.676. The smallest absolute Gasteiger partial charge is 0.162 e. The maximum absolute atomic E-state index is 5.21. The number of rotatable bonds is 2. The Kier molecular flexibility index (Phi) is 3.90. The van der Waals surface area contributed by atoms with E-state index in [-0.39, 0.29) is 12.6 Å². The van der Waals surface area contributed by atoms with E-state index in [2.05, 4.69) is 24.4 Å². The van der Waals surface area contributed by atoms with Gasteiger partial charge in [-0.15, -0.1) is 0 Å². The highest BCUT2D eigenvalue weighted by molar-refractivity contribution is 9.44. The summed E-state index contributed by atoms with van der Waals surface area (Å²) in [6, 6.07) is 0. The van der Waals surface area contributed by atoms with Crippen LogP contribution in [-0.2, 0) is 9.47 Å². The number of halogens is 1. The largest absolute Gasteiger partial charge is 0.350 e. The number of hydrogen-bond donors (Lipinski definition) is 0. The second-order valence-corrected chi connectivity index (χ2v) is 9.79. The first-order valence-electron chi connectivity index (χ1n) is 2.70. The van der Waals surface area contributed by atoms with Crippen LogP contribution < -0.4 is 0 Å². The molecular weight excluding hydrogens is 222 g/mol. The lowest BCUT2D eigenvalue weighted by Gasteiger charge is -2.08. The molecule has 1 rings (SSSR count). The molecule has 54 valence electrons. The first-order chi connectivity index (χ1) is 4.29. The molecule has 0 aromatic heterocycles. The number of ether oxygens (including phenoxy) is 2. The fourth-order valence-corrected chi connectivity index (χ4v) is 2.38. The molecule has 1 aliphatic heterocycles. The maximum Gasteiger partial charge on any atom is 0.162 e. The lowest BCUT2D eigenvalue weighted by molar-refractivity contribution is -0.0218. The van der Waals surface area contributed by atoms with E-state index in [1.54, 1.807) is 0 Å². The van der Waals surface area contributed by atoms with Gasteiger partial charge in [-0.1, -0.05) is 24.4 Å². The first-order valence-corrected chi connectivity index (χ1v) is 7.86. The number of hydrogen-bond acceptors (Lipinski definition) is 2. The van der Waals surface area contributed by atoms with Crippen molar-refractivity contribution in [1.82, 2.24) is 0 Å². The van der Waals surface area contributed by atoms with Crippen LogP contribution in [0.3, 0.4) is 0 Å². The Morgan fingerprint density at radius 1 is 1.56 bits per heavy atom. The molecule has 0 spiro atoms. The van der Waals surface area contributed by atoms with E-state index in [1.807, 2.05) is 0 Å². The van der Waals surface area contributed by atoms with E-state index in [4.69, 9.17) is 9.47 Å². The van der Waals surface area contributed by atoms with E-state index < -0.39 is 0 Å². The molecule has 0 aromatic carbocycles. The molecule has 1 aliphatic rings. The van der Waals surface area contributed by atoms with Crippen LogP contribution in [0.2, 0.25) is 0 Å². The summed E-state index contributed by atoms with van der Waals surface area (Å²) < 4.78 is 10.4. The summed E-state index contributed by atoms with van der Waals surface area (Å²) in [5.41, 5.74) is 0.